The van der Waals surface area contributed by atoms with Crippen LogP contribution < -0.4 is 4.74 Å². The van der Waals surface area contributed by atoms with Crippen molar-refractivity contribution < 1.29 is 9.53 Å². The number of aromatic nitrogens is 2. The molecule has 0 fully saturated rings. The highest BCUT2D eigenvalue weighted by Gasteiger charge is 2.22. The van der Waals surface area contributed by atoms with Gasteiger partial charge in [-0.15, -0.1) is 0 Å². The number of aryl methyl sites for hydroxylation is 1. The number of nitrogens with zero attached hydrogens (tertiary/aromatic N) is 3. The number of ether oxygens (including phenoxy) is 1. The maximum atomic E-state index is 12.9. The minimum atomic E-state index is 0.0367. The van der Waals surface area contributed by atoms with Crippen molar-refractivity contribution in [1.82, 2.24) is 14.3 Å². The monoisotopic (exact) mass is 303 g/mol. The first-order chi connectivity index (χ1) is 10.6. The van der Waals surface area contributed by atoms with Gasteiger partial charge in [-0.2, -0.15) is 0 Å². The maximum Gasteiger partial charge on any atom is 0.272 e. The van der Waals surface area contributed by atoms with E-state index in [9.17, 15) is 4.79 Å². The number of rotatable bonds is 7. The van der Waals surface area contributed by atoms with Crippen LogP contribution in [0.2, 0.25) is 0 Å². The molecule has 2 rings (SSSR count). The van der Waals surface area contributed by atoms with Crippen molar-refractivity contribution in [2.24, 2.45) is 0 Å². The minimum Gasteiger partial charge on any atom is -0.490 e. The van der Waals surface area contributed by atoms with Crippen molar-refractivity contribution in [3.8, 4) is 5.75 Å². The highest BCUT2D eigenvalue weighted by molar-refractivity contribution is 5.95. The Morgan fingerprint density at radius 3 is 2.77 bits per heavy atom. The molecule has 2 aromatic heterocycles. The van der Waals surface area contributed by atoms with Crippen LogP contribution in [-0.2, 0) is 0 Å². The number of carbonyl (C=O) groups is 1. The van der Waals surface area contributed by atoms with Crippen molar-refractivity contribution in [3.05, 3.63) is 29.7 Å². The number of unbranched alkanes of at least 4 members (excludes halogenated alkanes) is 1. The average Bonchev–Trinajstić information content (AvgIpc) is 2.85. The molecule has 0 unspecified atom stereocenters. The lowest BCUT2D eigenvalue weighted by molar-refractivity contribution is 0.0754. The summed E-state index contributed by atoms with van der Waals surface area (Å²) in [5, 5.41) is 0. The summed E-state index contributed by atoms with van der Waals surface area (Å²) in [6.07, 6.45) is 3.96. The van der Waals surface area contributed by atoms with E-state index in [1.165, 1.54) is 0 Å². The average molecular weight is 303 g/mol. The molecule has 0 aliphatic carbocycles. The zero-order chi connectivity index (χ0) is 16.1. The fraction of sp³-hybridized carbons (Fsp3) is 0.529. The highest BCUT2D eigenvalue weighted by Crippen LogP contribution is 2.23. The van der Waals surface area contributed by atoms with E-state index in [4.69, 9.17) is 4.74 Å². The molecule has 2 aromatic rings. The first kappa shape index (κ1) is 16.3. The molecule has 0 aromatic carbocycles. The second-order valence-corrected chi connectivity index (χ2v) is 5.28. The molecule has 0 saturated carbocycles. The standard InChI is InChI=1S/C17H25N3O2/c1-5-8-11-19(6-2)17(21)15-13(4)18-16-14(22-7-3)10-9-12-20(15)16/h9-10,12H,5-8,11H2,1-4H3. The van der Waals surface area contributed by atoms with Gasteiger partial charge in [-0.05, 0) is 39.3 Å². The van der Waals surface area contributed by atoms with Crippen LogP contribution in [0.5, 0.6) is 5.75 Å². The summed E-state index contributed by atoms with van der Waals surface area (Å²) in [6, 6.07) is 3.77. The van der Waals surface area contributed by atoms with Gasteiger partial charge in [-0.25, -0.2) is 4.98 Å². The molecular formula is C17H25N3O2. The highest BCUT2D eigenvalue weighted by atomic mass is 16.5. The summed E-state index contributed by atoms with van der Waals surface area (Å²) >= 11 is 0. The fourth-order valence-corrected chi connectivity index (χ4v) is 2.58. The largest absolute Gasteiger partial charge is 0.490 e. The zero-order valence-electron chi connectivity index (χ0n) is 13.9. The van der Waals surface area contributed by atoms with Crippen LogP contribution in [0.3, 0.4) is 0 Å². The van der Waals surface area contributed by atoms with Gasteiger partial charge in [0.25, 0.3) is 5.91 Å². The van der Waals surface area contributed by atoms with Gasteiger partial charge in [-0.1, -0.05) is 13.3 Å². The second kappa shape index (κ2) is 7.29. The Morgan fingerprint density at radius 1 is 1.36 bits per heavy atom. The molecule has 120 valence electrons. The van der Waals surface area contributed by atoms with E-state index in [1.807, 2.05) is 48.4 Å². The van der Waals surface area contributed by atoms with Crippen LogP contribution in [0, 0.1) is 6.92 Å². The summed E-state index contributed by atoms with van der Waals surface area (Å²) in [7, 11) is 0. The number of hydrogen-bond donors (Lipinski definition) is 0. The minimum absolute atomic E-state index is 0.0367. The zero-order valence-corrected chi connectivity index (χ0v) is 13.9. The third-order valence-electron chi connectivity index (χ3n) is 3.74. The summed E-state index contributed by atoms with van der Waals surface area (Å²) in [4.78, 5) is 19.3. The molecule has 0 radical (unpaired) electrons. The van der Waals surface area contributed by atoms with E-state index in [-0.39, 0.29) is 5.91 Å². The van der Waals surface area contributed by atoms with Gasteiger partial charge >= 0.3 is 0 Å². The molecule has 22 heavy (non-hydrogen) atoms. The molecule has 5 heteroatoms. The number of fused-ring (bicyclic) bond motifs is 1. The number of imidazole rings is 1. The number of amides is 1. The first-order valence-corrected chi connectivity index (χ1v) is 8.03. The molecule has 5 nitrogen and oxygen atoms in total. The maximum absolute atomic E-state index is 12.9. The van der Waals surface area contributed by atoms with Crippen molar-refractivity contribution in [2.45, 2.75) is 40.5 Å². The summed E-state index contributed by atoms with van der Waals surface area (Å²) in [6.45, 7) is 10.0. The normalized spacial score (nSPS) is 10.9. The Bertz CT molecular complexity index is 649. The van der Waals surface area contributed by atoms with Gasteiger partial charge < -0.3 is 9.64 Å². The number of carbonyl (C=O) groups excluding carboxylic acids is 1. The predicted octanol–water partition coefficient (Wildman–Crippen LogP) is 3.30. The fourth-order valence-electron chi connectivity index (χ4n) is 2.58. The van der Waals surface area contributed by atoms with E-state index < -0.39 is 0 Å². The smallest absolute Gasteiger partial charge is 0.272 e. The lowest BCUT2D eigenvalue weighted by Gasteiger charge is -2.20. The Hall–Kier alpha value is -2.04. The third-order valence-corrected chi connectivity index (χ3v) is 3.74. The lowest BCUT2D eigenvalue weighted by Crippen LogP contribution is -2.33. The van der Waals surface area contributed by atoms with Gasteiger partial charge in [0.05, 0.1) is 12.3 Å². The van der Waals surface area contributed by atoms with Crippen LogP contribution in [0.15, 0.2) is 18.3 Å². The van der Waals surface area contributed by atoms with Crippen LogP contribution in [0.25, 0.3) is 5.65 Å². The van der Waals surface area contributed by atoms with Crippen molar-refractivity contribution >= 4 is 11.6 Å². The van der Waals surface area contributed by atoms with Gasteiger partial charge in [0.15, 0.2) is 11.4 Å². The quantitative estimate of drug-likeness (QED) is 0.788. The molecule has 0 atom stereocenters. The topological polar surface area (TPSA) is 46.8 Å². The molecule has 0 spiro atoms. The lowest BCUT2D eigenvalue weighted by atomic mass is 10.2. The summed E-state index contributed by atoms with van der Waals surface area (Å²) < 4.78 is 7.46. The van der Waals surface area contributed by atoms with Crippen molar-refractivity contribution in [1.29, 1.82) is 0 Å². The molecule has 2 heterocycles. The van der Waals surface area contributed by atoms with E-state index in [0.717, 1.165) is 25.1 Å². The molecule has 0 aliphatic heterocycles. The Labute approximate surface area is 131 Å². The Morgan fingerprint density at radius 2 is 2.14 bits per heavy atom. The Balaban J connectivity index is 2.44. The van der Waals surface area contributed by atoms with Crippen LogP contribution in [-0.4, -0.2) is 39.9 Å². The van der Waals surface area contributed by atoms with Crippen molar-refractivity contribution in [3.63, 3.8) is 0 Å². The second-order valence-electron chi connectivity index (χ2n) is 5.28. The van der Waals surface area contributed by atoms with Crippen LogP contribution in [0.1, 0.15) is 49.8 Å². The SMILES string of the molecule is CCCCN(CC)C(=O)c1c(C)nc2c(OCC)cccn12. The third kappa shape index (κ3) is 3.08. The van der Waals surface area contributed by atoms with Gasteiger partial charge in [0.1, 0.15) is 5.69 Å². The van der Waals surface area contributed by atoms with Gasteiger partial charge in [-0.3, -0.25) is 9.20 Å². The van der Waals surface area contributed by atoms with Crippen LogP contribution in [0.4, 0.5) is 0 Å². The molecule has 0 N–H and O–H groups in total. The van der Waals surface area contributed by atoms with E-state index >= 15 is 0 Å². The van der Waals surface area contributed by atoms with E-state index in [1.54, 1.807) is 0 Å². The summed E-state index contributed by atoms with van der Waals surface area (Å²) in [5.41, 5.74) is 2.08. The van der Waals surface area contributed by atoms with Crippen LogP contribution >= 0.6 is 0 Å². The van der Waals surface area contributed by atoms with E-state index in [0.29, 0.717) is 30.2 Å². The molecule has 0 saturated heterocycles. The predicted molar refractivity (Wildman–Crippen MR) is 87.6 cm³/mol. The molecule has 1 amide bonds. The molecule has 0 bridgehead atoms. The van der Waals surface area contributed by atoms with Gasteiger partial charge in [0.2, 0.25) is 0 Å². The van der Waals surface area contributed by atoms with Crippen molar-refractivity contribution in [2.75, 3.05) is 19.7 Å². The first-order valence-electron chi connectivity index (χ1n) is 8.03. The summed E-state index contributed by atoms with van der Waals surface area (Å²) in [5.74, 6) is 0.748. The molecular weight excluding hydrogens is 278 g/mol. The molecule has 0 aliphatic rings. The Kier molecular flexibility index (Phi) is 5.41. The van der Waals surface area contributed by atoms with E-state index in [2.05, 4.69) is 11.9 Å². The van der Waals surface area contributed by atoms with Gasteiger partial charge in [0, 0.05) is 19.3 Å². The number of hydrogen-bond acceptors (Lipinski definition) is 3. The number of pyridine rings is 1.